The molecule has 2 heterocycles. The van der Waals surface area contributed by atoms with Gasteiger partial charge in [0.15, 0.2) is 5.13 Å². The number of aromatic nitrogens is 2. The molecule has 0 aliphatic rings. The first-order valence-electron chi connectivity index (χ1n) is 8.11. The number of anilines is 2. The Morgan fingerprint density at radius 3 is 2.70 bits per heavy atom. The van der Waals surface area contributed by atoms with Crippen molar-refractivity contribution in [3.05, 3.63) is 77.6 Å². The van der Waals surface area contributed by atoms with Gasteiger partial charge in [0.25, 0.3) is 5.91 Å². The smallest absolute Gasteiger partial charge is 0.266 e. The summed E-state index contributed by atoms with van der Waals surface area (Å²) in [4.78, 5) is 23.5. The molecule has 0 aliphatic heterocycles. The highest BCUT2D eigenvalue weighted by Gasteiger charge is 2.24. The van der Waals surface area contributed by atoms with Gasteiger partial charge in [0.05, 0.1) is 28.6 Å². The number of amides is 1. The van der Waals surface area contributed by atoms with E-state index in [-0.39, 0.29) is 5.91 Å². The molecule has 0 spiro atoms. The Labute approximate surface area is 164 Å². The van der Waals surface area contributed by atoms with Crippen molar-refractivity contribution in [1.82, 2.24) is 9.97 Å². The third-order valence-corrected chi connectivity index (χ3v) is 5.21. The van der Waals surface area contributed by atoms with Gasteiger partial charge in [-0.1, -0.05) is 41.1 Å². The Bertz CT molecular complexity index is 1080. The third kappa shape index (κ3) is 3.49. The highest BCUT2D eigenvalue weighted by atomic mass is 35.5. The number of hydrogen-bond acceptors (Lipinski definition) is 5. The minimum Gasteiger partial charge on any atom is -0.497 e. The molecule has 134 valence electrons. The van der Waals surface area contributed by atoms with Crippen molar-refractivity contribution in [1.29, 1.82) is 0 Å². The van der Waals surface area contributed by atoms with Gasteiger partial charge in [-0.3, -0.25) is 9.69 Å². The van der Waals surface area contributed by atoms with Gasteiger partial charge in [-0.2, -0.15) is 0 Å². The maximum absolute atomic E-state index is 13.3. The highest BCUT2D eigenvalue weighted by molar-refractivity contribution is 7.22. The summed E-state index contributed by atoms with van der Waals surface area (Å²) in [6.45, 7) is 0. The zero-order chi connectivity index (χ0) is 18.8. The number of benzene rings is 2. The van der Waals surface area contributed by atoms with Crippen LogP contribution >= 0.6 is 22.9 Å². The van der Waals surface area contributed by atoms with Crippen molar-refractivity contribution in [3.8, 4) is 5.75 Å². The first-order chi connectivity index (χ1) is 13.2. The number of para-hydroxylation sites is 1. The van der Waals surface area contributed by atoms with Gasteiger partial charge in [-0.05, 0) is 36.4 Å². The monoisotopic (exact) mass is 395 g/mol. The number of carbonyl (C=O) groups is 1. The van der Waals surface area contributed by atoms with Crippen LogP contribution in [-0.2, 0) is 0 Å². The zero-order valence-electron chi connectivity index (χ0n) is 14.3. The quantitative estimate of drug-likeness (QED) is 0.438. The topological polar surface area (TPSA) is 55.3 Å². The standard InChI is InChI=1S/C20H14ClN3O2S/c1-26-15-6-4-5-14(11-15)24(19(25)13-9-10-18(21)22-12-13)20-23-16-7-2-3-8-17(16)27-20/h2-12H,1H3. The summed E-state index contributed by atoms with van der Waals surface area (Å²) in [6, 6.07) is 18.3. The fraction of sp³-hybridized carbons (Fsp3) is 0.0500. The largest absolute Gasteiger partial charge is 0.497 e. The van der Waals surface area contributed by atoms with E-state index in [1.54, 1.807) is 30.2 Å². The third-order valence-electron chi connectivity index (χ3n) is 3.96. The predicted octanol–water partition coefficient (Wildman–Crippen LogP) is 5.33. The lowest BCUT2D eigenvalue weighted by atomic mass is 10.2. The second-order valence-corrected chi connectivity index (χ2v) is 7.07. The first kappa shape index (κ1) is 17.5. The number of thiazole rings is 1. The Hall–Kier alpha value is -2.96. The number of carbonyl (C=O) groups excluding carboxylic acids is 1. The van der Waals surface area contributed by atoms with Crippen LogP contribution < -0.4 is 9.64 Å². The lowest BCUT2D eigenvalue weighted by Crippen LogP contribution is -2.26. The van der Waals surface area contributed by atoms with Crippen LogP contribution in [0.3, 0.4) is 0 Å². The van der Waals surface area contributed by atoms with Gasteiger partial charge < -0.3 is 4.74 Å². The van der Waals surface area contributed by atoms with Crippen molar-refractivity contribution in [3.63, 3.8) is 0 Å². The molecule has 7 heteroatoms. The number of fused-ring (bicyclic) bond motifs is 1. The number of methoxy groups -OCH3 is 1. The summed E-state index contributed by atoms with van der Waals surface area (Å²) in [5, 5.41) is 0.906. The molecule has 0 saturated carbocycles. The molecule has 5 nitrogen and oxygen atoms in total. The van der Waals surface area contributed by atoms with Crippen LogP contribution in [0.4, 0.5) is 10.8 Å². The van der Waals surface area contributed by atoms with Crippen LogP contribution in [0.1, 0.15) is 10.4 Å². The maximum Gasteiger partial charge on any atom is 0.266 e. The number of ether oxygens (including phenoxy) is 1. The molecule has 0 N–H and O–H groups in total. The molecule has 4 rings (SSSR count). The molecule has 0 fully saturated rings. The molecule has 0 bridgehead atoms. The van der Waals surface area contributed by atoms with E-state index in [9.17, 15) is 4.79 Å². The van der Waals surface area contributed by atoms with Crippen LogP contribution in [0.2, 0.25) is 5.15 Å². The van der Waals surface area contributed by atoms with Gasteiger partial charge in [-0.25, -0.2) is 9.97 Å². The lowest BCUT2D eigenvalue weighted by Gasteiger charge is -2.20. The van der Waals surface area contributed by atoms with Crippen LogP contribution in [0.5, 0.6) is 5.75 Å². The summed E-state index contributed by atoms with van der Waals surface area (Å²) < 4.78 is 6.32. The van der Waals surface area contributed by atoms with E-state index in [1.807, 2.05) is 42.5 Å². The predicted molar refractivity (Wildman–Crippen MR) is 108 cm³/mol. The molecule has 0 aliphatic carbocycles. The maximum atomic E-state index is 13.3. The van der Waals surface area contributed by atoms with E-state index in [4.69, 9.17) is 16.3 Å². The zero-order valence-corrected chi connectivity index (χ0v) is 15.9. The number of halogens is 1. The molecule has 4 aromatic rings. The molecule has 0 saturated heterocycles. The second kappa shape index (κ2) is 7.34. The van der Waals surface area contributed by atoms with Crippen LogP contribution in [0.15, 0.2) is 66.9 Å². The lowest BCUT2D eigenvalue weighted by molar-refractivity contribution is 0.0999. The van der Waals surface area contributed by atoms with Crippen molar-refractivity contribution in [2.45, 2.75) is 0 Å². The van der Waals surface area contributed by atoms with Crippen molar-refractivity contribution in [2.75, 3.05) is 12.0 Å². The van der Waals surface area contributed by atoms with E-state index in [1.165, 1.54) is 17.5 Å². The highest BCUT2D eigenvalue weighted by Crippen LogP contribution is 2.35. The number of hydrogen-bond donors (Lipinski definition) is 0. The summed E-state index contributed by atoms with van der Waals surface area (Å²) in [5.41, 5.74) is 1.92. The summed E-state index contributed by atoms with van der Waals surface area (Å²) in [5.74, 6) is 0.409. The van der Waals surface area contributed by atoms with Crippen LogP contribution in [0, 0.1) is 0 Å². The minimum atomic E-state index is -0.244. The minimum absolute atomic E-state index is 0.244. The molecular weight excluding hydrogens is 382 g/mol. The Balaban J connectivity index is 1.85. The molecule has 1 amide bonds. The molecule has 0 atom stereocenters. The Kier molecular flexibility index (Phi) is 4.75. The number of rotatable bonds is 4. The van der Waals surface area contributed by atoms with Crippen LogP contribution in [-0.4, -0.2) is 23.0 Å². The first-order valence-corrected chi connectivity index (χ1v) is 9.31. The molecule has 2 aromatic heterocycles. The summed E-state index contributed by atoms with van der Waals surface area (Å²) in [6.07, 6.45) is 1.46. The molecule has 0 unspecified atom stereocenters. The van der Waals surface area contributed by atoms with E-state index in [0.717, 1.165) is 10.2 Å². The van der Waals surface area contributed by atoms with Crippen molar-refractivity contribution < 1.29 is 9.53 Å². The SMILES string of the molecule is COc1cccc(N(C(=O)c2ccc(Cl)nc2)c2nc3ccccc3s2)c1. The Morgan fingerprint density at radius 1 is 1.11 bits per heavy atom. The van der Waals surface area contributed by atoms with Crippen LogP contribution in [0.25, 0.3) is 10.2 Å². The van der Waals surface area contributed by atoms with Gasteiger partial charge in [0, 0.05) is 12.3 Å². The summed E-state index contributed by atoms with van der Waals surface area (Å²) in [7, 11) is 1.59. The van der Waals surface area contributed by atoms with E-state index >= 15 is 0 Å². The average molecular weight is 396 g/mol. The summed E-state index contributed by atoms with van der Waals surface area (Å²) >= 11 is 7.31. The number of nitrogens with zero attached hydrogens (tertiary/aromatic N) is 3. The Morgan fingerprint density at radius 2 is 1.96 bits per heavy atom. The van der Waals surface area contributed by atoms with Crippen molar-refractivity contribution in [2.24, 2.45) is 0 Å². The number of pyridine rings is 1. The molecule has 0 radical (unpaired) electrons. The molecule has 2 aromatic carbocycles. The van der Waals surface area contributed by atoms with Gasteiger partial charge in [-0.15, -0.1) is 0 Å². The van der Waals surface area contributed by atoms with Gasteiger partial charge in [0.2, 0.25) is 0 Å². The van der Waals surface area contributed by atoms with E-state index in [2.05, 4.69) is 9.97 Å². The molecule has 27 heavy (non-hydrogen) atoms. The van der Waals surface area contributed by atoms with Gasteiger partial charge >= 0.3 is 0 Å². The van der Waals surface area contributed by atoms with Gasteiger partial charge in [0.1, 0.15) is 10.9 Å². The average Bonchev–Trinajstić information content (AvgIpc) is 3.12. The normalized spacial score (nSPS) is 10.7. The fourth-order valence-corrected chi connectivity index (χ4v) is 3.75. The fourth-order valence-electron chi connectivity index (χ4n) is 2.65. The second-order valence-electron chi connectivity index (χ2n) is 5.68. The van der Waals surface area contributed by atoms with Crippen molar-refractivity contribution >= 4 is 49.9 Å². The van der Waals surface area contributed by atoms with E-state index in [0.29, 0.717) is 27.3 Å². The molecular formula is C20H14ClN3O2S. The van der Waals surface area contributed by atoms with E-state index < -0.39 is 0 Å².